The zero-order chi connectivity index (χ0) is 15.3. The average Bonchev–Trinajstić information content (AvgIpc) is 2.38. The van der Waals surface area contributed by atoms with E-state index in [2.05, 4.69) is 6.58 Å². The molecule has 1 rings (SSSR count). The van der Waals surface area contributed by atoms with Crippen molar-refractivity contribution < 1.29 is 13.5 Å². The van der Waals surface area contributed by atoms with Gasteiger partial charge in [-0.2, -0.15) is 0 Å². The third-order valence-electron chi connectivity index (χ3n) is 3.37. The summed E-state index contributed by atoms with van der Waals surface area (Å²) in [6, 6.07) is 3.38. The smallest absolute Gasteiger partial charge is 0.243 e. The maximum Gasteiger partial charge on any atom is 0.243 e. The second-order valence-corrected chi connectivity index (χ2v) is 6.97. The van der Waals surface area contributed by atoms with Crippen LogP contribution in [0.5, 0.6) is 0 Å². The molecular weight excluding hydrogens is 274 g/mol. The van der Waals surface area contributed by atoms with Crippen molar-refractivity contribution in [3.05, 3.63) is 41.5 Å². The normalized spacial score (nSPS) is 11.8. The summed E-state index contributed by atoms with van der Waals surface area (Å²) in [5.74, 6) is 0. The van der Waals surface area contributed by atoms with E-state index in [-0.39, 0.29) is 11.5 Å². The van der Waals surface area contributed by atoms with Gasteiger partial charge in [-0.25, -0.2) is 12.7 Å². The number of benzene rings is 1. The first-order chi connectivity index (χ1) is 9.34. The van der Waals surface area contributed by atoms with Crippen LogP contribution in [0.2, 0.25) is 0 Å². The summed E-state index contributed by atoms with van der Waals surface area (Å²) in [4.78, 5) is 0.272. The van der Waals surface area contributed by atoms with Crippen LogP contribution in [0.3, 0.4) is 0 Å². The quantitative estimate of drug-likeness (QED) is 0.621. The van der Waals surface area contributed by atoms with Crippen molar-refractivity contribution in [2.45, 2.75) is 38.2 Å². The predicted molar refractivity (Wildman–Crippen MR) is 81.1 cm³/mol. The molecule has 0 saturated heterocycles. The van der Waals surface area contributed by atoms with Gasteiger partial charge in [0.25, 0.3) is 0 Å². The Morgan fingerprint density at radius 1 is 1.30 bits per heavy atom. The van der Waals surface area contributed by atoms with Crippen molar-refractivity contribution >= 4 is 10.0 Å². The molecule has 0 amide bonds. The van der Waals surface area contributed by atoms with Gasteiger partial charge < -0.3 is 5.11 Å². The number of sulfonamides is 1. The first-order valence-corrected chi connectivity index (χ1v) is 8.06. The molecule has 0 atom stereocenters. The van der Waals surface area contributed by atoms with Crippen molar-refractivity contribution in [1.29, 1.82) is 0 Å². The molecule has 0 bridgehead atoms. The molecule has 0 unspecified atom stereocenters. The Morgan fingerprint density at radius 3 is 2.50 bits per heavy atom. The van der Waals surface area contributed by atoms with E-state index < -0.39 is 10.0 Å². The highest BCUT2D eigenvalue weighted by Gasteiger charge is 2.23. The molecular formula is C15H23NO3S. The minimum absolute atomic E-state index is 0.158. The van der Waals surface area contributed by atoms with E-state index in [1.54, 1.807) is 32.2 Å². The van der Waals surface area contributed by atoms with Crippen LogP contribution < -0.4 is 0 Å². The van der Waals surface area contributed by atoms with Gasteiger partial charge in [-0.15, -0.1) is 6.58 Å². The summed E-state index contributed by atoms with van der Waals surface area (Å²) in [6.07, 6.45) is 3.31. The fraction of sp³-hybridized carbons (Fsp3) is 0.467. The Kier molecular flexibility index (Phi) is 5.92. The van der Waals surface area contributed by atoms with Crippen LogP contribution in [0.4, 0.5) is 0 Å². The third kappa shape index (κ3) is 3.69. The molecule has 0 fully saturated rings. The van der Waals surface area contributed by atoms with Crippen LogP contribution in [0.1, 0.15) is 29.5 Å². The Bertz CT molecular complexity index is 579. The molecule has 0 aliphatic heterocycles. The van der Waals surface area contributed by atoms with Crippen molar-refractivity contribution in [1.82, 2.24) is 4.31 Å². The number of aliphatic hydroxyl groups is 1. The summed E-state index contributed by atoms with van der Waals surface area (Å²) in [5.41, 5.74) is 2.25. The molecule has 0 radical (unpaired) electrons. The summed E-state index contributed by atoms with van der Waals surface area (Å²) < 4.78 is 26.4. The Hall–Kier alpha value is -1.17. The molecule has 0 aliphatic rings. The average molecular weight is 297 g/mol. The molecule has 0 spiro atoms. The van der Waals surface area contributed by atoms with E-state index >= 15 is 0 Å². The molecule has 0 heterocycles. The topological polar surface area (TPSA) is 57.6 Å². The van der Waals surface area contributed by atoms with E-state index in [4.69, 9.17) is 0 Å². The minimum Gasteiger partial charge on any atom is -0.392 e. The number of nitrogens with zero attached hydrogens (tertiary/aromatic N) is 1. The lowest BCUT2D eigenvalue weighted by Gasteiger charge is -2.19. The van der Waals surface area contributed by atoms with Gasteiger partial charge in [-0.3, -0.25) is 0 Å². The lowest BCUT2D eigenvalue weighted by molar-refractivity contribution is 0.280. The summed E-state index contributed by atoms with van der Waals surface area (Å²) in [7, 11) is -1.93. The minimum atomic E-state index is -3.51. The van der Waals surface area contributed by atoms with E-state index in [0.717, 1.165) is 18.4 Å². The summed E-state index contributed by atoms with van der Waals surface area (Å²) in [5, 5.41) is 9.29. The van der Waals surface area contributed by atoms with Crippen LogP contribution in [0.25, 0.3) is 0 Å². The Balaban J connectivity index is 3.11. The number of hydrogen-bond donors (Lipinski definition) is 1. The third-order valence-corrected chi connectivity index (χ3v) is 5.37. The number of aryl methyl sites for hydroxylation is 2. The second-order valence-electron chi connectivity index (χ2n) is 4.96. The number of unbranched alkanes of at least 4 members (excludes halogenated alkanes) is 1. The molecule has 1 N–H and O–H groups in total. The summed E-state index contributed by atoms with van der Waals surface area (Å²) in [6.45, 7) is 7.57. The molecule has 20 heavy (non-hydrogen) atoms. The molecule has 0 saturated carbocycles. The number of allylic oxidation sites excluding steroid dienone is 1. The number of hydrogen-bond acceptors (Lipinski definition) is 3. The maximum atomic E-state index is 12.5. The van der Waals surface area contributed by atoms with Gasteiger partial charge in [-0.05, 0) is 49.4 Å². The van der Waals surface area contributed by atoms with Gasteiger partial charge in [0.15, 0.2) is 0 Å². The largest absolute Gasteiger partial charge is 0.392 e. The lowest BCUT2D eigenvalue weighted by Crippen LogP contribution is -2.28. The first kappa shape index (κ1) is 16.9. The van der Waals surface area contributed by atoms with Gasteiger partial charge >= 0.3 is 0 Å². The first-order valence-electron chi connectivity index (χ1n) is 6.62. The monoisotopic (exact) mass is 297 g/mol. The SMILES string of the molecule is C=CCCCN(C)S(=O)(=O)c1cc(CO)c(C)cc1C. The van der Waals surface area contributed by atoms with E-state index in [1.165, 1.54) is 4.31 Å². The van der Waals surface area contributed by atoms with Crippen molar-refractivity contribution in [3.8, 4) is 0 Å². The maximum absolute atomic E-state index is 12.5. The molecule has 0 aromatic heterocycles. The lowest BCUT2D eigenvalue weighted by atomic mass is 10.1. The zero-order valence-corrected chi connectivity index (χ0v) is 13.2. The molecule has 1 aromatic rings. The number of rotatable bonds is 7. The van der Waals surface area contributed by atoms with Crippen molar-refractivity contribution in [2.24, 2.45) is 0 Å². The van der Waals surface area contributed by atoms with E-state index in [0.29, 0.717) is 17.7 Å². The molecule has 112 valence electrons. The Labute approximate surface area is 121 Å². The van der Waals surface area contributed by atoms with E-state index in [1.807, 2.05) is 6.92 Å². The highest BCUT2D eigenvalue weighted by atomic mass is 32.2. The molecule has 4 nitrogen and oxygen atoms in total. The highest BCUT2D eigenvalue weighted by molar-refractivity contribution is 7.89. The fourth-order valence-electron chi connectivity index (χ4n) is 2.07. The molecule has 0 aliphatic carbocycles. The van der Waals surface area contributed by atoms with Crippen LogP contribution in [0, 0.1) is 13.8 Å². The fourth-order valence-corrected chi connectivity index (χ4v) is 3.53. The zero-order valence-electron chi connectivity index (χ0n) is 12.4. The van der Waals surface area contributed by atoms with E-state index in [9.17, 15) is 13.5 Å². The van der Waals surface area contributed by atoms with Crippen LogP contribution in [-0.4, -0.2) is 31.4 Å². The van der Waals surface area contributed by atoms with Crippen LogP contribution >= 0.6 is 0 Å². The van der Waals surface area contributed by atoms with Gasteiger partial charge in [0.2, 0.25) is 10.0 Å². The van der Waals surface area contributed by atoms with Gasteiger partial charge in [0, 0.05) is 13.6 Å². The van der Waals surface area contributed by atoms with Crippen LogP contribution in [0.15, 0.2) is 29.7 Å². The van der Waals surface area contributed by atoms with Gasteiger partial charge in [0.05, 0.1) is 11.5 Å². The van der Waals surface area contributed by atoms with Gasteiger partial charge in [-0.1, -0.05) is 12.1 Å². The van der Waals surface area contributed by atoms with Crippen molar-refractivity contribution in [2.75, 3.05) is 13.6 Å². The second kappa shape index (κ2) is 7.02. The number of aliphatic hydroxyl groups excluding tert-OH is 1. The summed E-state index contributed by atoms with van der Waals surface area (Å²) >= 11 is 0. The van der Waals surface area contributed by atoms with Crippen molar-refractivity contribution in [3.63, 3.8) is 0 Å². The molecule has 5 heteroatoms. The molecule has 1 aromatic carbocycles. The van der Waals surface area contributed by atoms with Crippen LogP contribution in [-0.2, 0) is 16.6 Å². The Morgan fingerprint density at radius 2 is 1.95 bits per heavy atom. The predicted octanol–water partition coefficient (Wildman–Crippen LogP) is 2.38. The van der Waals surface area contributed by atoms with Gasteiger partial charge in [0.1, 0.15) is 0 Å². The standard InChI is InChI=1S/C15H23NO3S/c1-5-6-7-8-16(4)20(18,19)15-10-14(11-17)12(2)9-13(15)3/h5,9-10,17H,1,6-8,11H2,2-4H3. The highest BCUT2D eigenvalue weighted by Crippen LogP contribution is 2.23.